The molecule has 0 heterocycles. The highest BCUT2D eigenvalue weighted by atomic mass is 15.1. The van der Waals surface area contributed by atoms with Crippen LogP contribution >= 0.6 is 0 Å². The van der Waals surface area contributed by atoms with E-state index in [0.717, 1.165) is 39.3 Å². The third kappa shape index (κ3) is 5.73. The number of nitrogens with zero attached hydrogens (tertiary/aromatic N) is 3. The molecule has 3 heteroatoms. The van der Waals surface area contributed by atoms with E-state index in [1.165, 1.54) is 56.0 Å². The van der Waals surface area contributed by atoms with Crippen LogP contribution in [0.1, 0.15) is 69.4 Å². The Morgan fingerprint density at radius 1 is 0.641 bits per heavy atom. The fraction of sp³-hybridized carbons (Fsp3) is 0.361. The fourth-order valence-corrected chi connectivity index (χ4v) is 5.87. The highest BCUT2D eigenvalue weighted by Gasteiger charge is 2.28. The van der Waals surface area contributed by atoms with Gasteiger partial charge in [0.25, 0.3) is 0 Å². The van der Waals surface area contributed by atoms with E-state index in [2.05, 4.69) is 142 Å². The molecule has 0 saturated heterocycles. The maximum atomic E-state index is 2.49. The summed E-state index contributed by atoms with van der Waals surface area (Å²) in [6.07, 6.45) is 4.71. The molecule has 0 spiro atoms. The van der Waals surface area contributed by atoms with Crippen molar-refractivity contribution in [3.05, 3.63) is 107 Å². The molecule has 0 amide bonds. The zero-order valence-corrected chi connectivity index (χ0v) is 25.1. The quantitative estimate of drug-likeness (QED) is 0.250. The van der Waals surface area contributed by atoms with Gasteiger partial charge in [-0.1, -0.05) is 54.1 Å². The van der Waals surface area contributed by atoms with Crippen molar-refractivity contribution >= 4 is 28.2 Å². The van der Waals surface area contributed by atoms with E-state index in [-0.39, 0.29) is 0 Å². The molecule has 1 aliphatic rings. The van der Waals surface area contributed by atoms with Crippen molar-refractivity contribution in [3.8, 4) is 0 Å². The predicted molar refractivity (Wildman–Crippen MR) is 172 cm³/mol. The van der Waals surface area contributed by atoms with Crippen molar-refractivity contribution in [2.45, 2.75) is 48.5 Å². The Balaban J connectivity index is 2.05. The number of allylic oxidation sites excluding steroid dienone is 3. The summed E-state index contributed by atoms with van der Waals surface area (Å²) >= 11 is 0. The van der Waals surface area contributed by atoms with Gasteiger partial charge in [0, 0.05) is 37.9 Å². The third-order valence-electron chi connectivity index (χ3n) is 8.10. The maximum Gasteiger partial charge on any atom is 0.209 e. The summed E-state index contributed by atoms with van der Waals surface area (Å²) in [5.41, 5.74) is 12.9. The van der Waals surface area contributed by atoms with Gasteiger partial charge < -0.3 is 9.80 Å². The van der Waals surface area contributed by atoms with Crippen molar-refractivity contribution in [2.24, 2.45) is 0 Å². The minimum Gasteiger partial charge on any atom is -0.372 e. The number of anilines is 2. The lowest BCUT2D eigenvalue weighted by molar-refractivity contribution is -0.519. The minimum absolute atomic E-state index is 0.985. The molecule has 0 saturated carbocycles. The molecular weight excluding hydrogens is 474 g/mol. The van der Waals surface area contributed by atoms with E-state index in [9.17, 15) is 0 Å². The van der Waals surface area contributed by atoms with Gasteiger partial charge in [0.15, 0.2) is 0 Å². The molecule has 0 aliphatic heterocycles. The maximum absolute atomic E-state index is 2.49. The van der Waals surface area contributed by atoms with Crippen LogP contribution in [0.4, 0.5) is 11.4 Å². The lowest BCUT2D eigenvalue weighted by atomic mass is 9.82. The average molecular weight is 521 g/mol. The van der Waals surface area contributed by atoms with Crippen molar-refractivity contribution < 1.29 is 4.58 Å². The van der Waals surface area contributed by atoms with Gasteiger partial charge in [-0.3, -0.25) is 0 Å². The molecule has 1 aliphatic carbocycles. The van der Waals surface area contributed by atoms with Crippen LogP contribution in [-0.2, 0) is 0 Å². The number of aryl methyl sites for hydroxylation is 1. The summed E-state index contributed by atoms with van der Waals surface area (Å²) < 4.78 is 2.49. The molecule has 0 bridgehead atoms. The van der Waals surface area contributed by atoms with Gasteiger partial charge in [-0.25, -0.2) is 4.58 Å². The van der Waals surface area contributed by atoms with Gasteiger partial charge in [0.1, 0.15) is 13.1 Å². The van der Waals surface area contributed by atoms with Crippen molar-refractivity contribution in [1.82, 2.24) is 0 Å². The largest absolute Gasteiger partial charge is 0.372 e. The Labute approximate surface area is 236 Å². The number of benzene rings is 3. The van der Waals surface area contributed by atoms with Crippen molar-refractivity contribution in [2.75, 3.05) is 49.1 Å². The van der Waals surface area contributed by atoms with E-state index in [1.807, 2.05) is 0 Å². The van der Waals surface area contributed by atoms with Gasteiger partial charge in [-0.05, 0) is 101 Å². The summed E-state index contributed by atoms with van der Waals surface area (Å²) in [4.78, 5) is 4.89. The second-order valence-corrected chi connectivity index (χ2v) is 10.1. The van der Waals surface area contributed by atoms with E-state index < -0.39 is 0 Å². The van der Waals surface area contributed by atoms with Crippen molar-refractivity contribution in [1.29, 1.82) is 0 Å². The van der Waals surface area contributed by atoms with Crippen LogP contribution < -0.4 is 9.80 Å². The molecule has 39 heavy (non-hydrogen) atoms. The second kappa shape index (κ2) is 13.0. The summed E-state index contributed by atoms with van der Waals surface area (Å²) in [5, 5.41) is 0. The fourth-order valence-electron chi connectivity index (χ4n) is 5.87. The Hall–Kier alpha value is -3.59. The minimum atomic E-state index is 0.985. The Morgan fingerprint density at radius 2 is 1.21 bits per heavy atom. The molecule has 0 atom stereocenters. The van der Waals surface area contributed by atoms with Gasteiger partial charge in [-0.2, -0.15) is 0 Å². The summed E-state index contributed by atoms with van der Waals surface area (Å²) in [7, 11) is 0. The number of rotatable bonds is 10. The summed E-state index contributed by atoms with van der Waals surface area (Å²) in [6.45, 7) is 21.6. The van der Waals surface area contributed by atoms with Crippen LogP contribution in [0.25, 0.3) is 11.1 Å². The predicted octanol–water partition coefficient (Wildman–Crippen LogP) is 8.06. The first-order valence-electron chi connectivity index (χ1n) is 14.9. The molecule has 3 nitrogen and oxygen atoms in total. The molecule has 204 valence electrons. The van der Waals surface area contributed by atoms with E-state index in [1.54, 1.807) is 0 Å². The zero-order valence-electron chi connectivity index (χ0n) is 25.1. The van der Waals surface area contributed by atoms with E-state index >= 15 is 0 Å². The number of hydrogen-bond acceptors (Lipinski definition) is 2. The van der Waals surface area contributed by atoms with Crippen LogP contribution in [0.5, 0.6) is 0 Å². The van der Waals surface area contributed by atoms with Gasteiger partial charge >= 0.3 is 0 Å². The van der Waals surface area contributed by atoms with Crippen LogP contribution in [0.15, 0.2) is 78.9 Å². The van der Waals surface area contributed by atoms with Gasteiger partial charge in [-0.15, -0.1) is 0 Å². The standard InChI is InChI=1S/C36H46N3/c1-8-37(9-2)30-23-21-29(22-24-30)35(28-19-17-27(7)18-20-28)32-25-26-34(39(12-5)13-6)36-31(32)15-14-16-33(36)38(10-3)11-4/h14-26H,8-13H2,1-7H3/q+1. The Bertz CT molecular complexity index is 1340. The summed E-state index contributed by atoms with van der Waals surface area (Å²) in [6, 6.07) is 25.1. The SMILES string of the molecule is CCN(CC)c1ccc(/C(=C2/C=CC(=[N+](CC)CC)c3c2cccc3N(CC)CC)c2ccc(C)cc2)cc1. The number of fused-ring (bicyclic) bond motifs is 1. The van der Waals surface area contributed by atoms with Crippen LogP contribution in [-0.4, -0.2) is 49.6 Å². The summed E-state index contributed by atoms with van der Waals surface area (Å²) in [5.74, 6) is 0. The van der Waals surface area contributed by atoms with Gasteiger partial charge in [0.2, 0.25) is 5.71 Å². The molecular formula is C36H46N3+. The monoisotopic (exact) mass is 520 g/mol. The molecule has 4 rings (SSSR count). The molecule has 0 fully saturated rings. The molecule has 3 aromatic carbocycles. The lowest BCUT2D eigenvalue weighted by Gasteiger charge is -2.28. The van der Waals surface area contributed by atoms with E-state index in [4.69, 9.17) is 0 Å². The van der Waals surface area contributed by atoms with Gasteiger partial charge in [0.05, 0.1) is 11.3 Å². The molecule has 0 N–H and O–H groups in total. The third-order valence-corrected chi connectivity index (χ3v) is 8.10. The van der Waals surface area contributed by atoms with Crippen LogP contribution in [0, 0.1) is 6.92 Å². The normalized spacial score (nSPS) is 13.8. The highest BCUT2D eigenvalue weighted by molar-refractivity contribution is 6.20. The molecule has 0 unspecified atom stereocenters. The lowest BCUT2D eigenvalue weighted by Crippen LogP contribution is -2.29. The first-order chi connectivity index (χ1) is 19.0. The molecule has 0 aromatic heterocycles. The molecule has 3 aromatic rings. The smallest absolute Gasteiger partial charge is 0.209 e. The van der Waals surface area contributed by atoms with Crippen molar-refractivity contribution in [3.63, 3.8) is 0 Å². The number of hydrogen-bond donors (Lipinski definition) is 0. The zero-order chi connectivity index (χ0) is 27.9. The Morgan fingerprint density at radius 3 is 1.74 bits per heavy atom. The topological polar surface area (TPSA) is 9.49 Å². The van der Waals surface area contributed by atoms with Crippen LogP contribution in [0.3, 0.4) is 0 Å². The Kier molecular flexibility index (Phi) is 9.45. The highest BCUT2D eigenvalue weighted by Crippen LogP contribution is 2.40. The first kappa shape index (κ1) is 28.4. The average Bonchev–Trinajstić information content (AvgIpc) is 2.97. The van der Waals surface area contributed by atoms with E-state index in [0.29, 0.717) is 0 Å². The molecule has 0 radical (unpaired) electrons. The first-order valence-corrected chi connectivity index (χ1v) is 14.9. The van der Waals surface area contributed by atoms with Crippen LogP contribution in [0.2, 0.25) is 0 Å². The second-order valence-electron chi connectivity index (χ2n) is 10.1.